The Morgan fingerprint density at radius 2 is 2.05 bits per heavy atom. The molecule has 6 rings (SSSR count). The molecule has 3 aromatic heterocycles. The molecule has 3 unspecified atom stereocenters. The Morgan fingerprint density at radius 1 is 1.19 bits per heavy atom. The molecule has 37 heavy (non-hydrogen) atoms. The number of pyridine rings is 1. The van der Waals surface area contributed by atoms with Gasteiger partial charge in [-0.05, 0) is 63.8 Å². The Bertz CT molecular complexity index is 1370. The molecule has 2 aliphatic rings. The predicted octanol–water partition coefficient (Wildman–Crippen LogP) is 6.40. The summed E-state index contributed by atoms with van der Waals surface area (Å²) in [7, 11) is 2.02. The van der Waals surface area contributed by atoms with Crippen molar-refractivity contribution in [2.24, 2.45) is 0 Å². The van der Waals surface area contributed by atoms with Gasteiger partial charge in [-0.25, -0.2) is 14.4 Å². The molecule has 1 aromatic carbocycles. The van der Waals surface area contributed by atoms with Crippen LogP contribution in [0.5, 0.6) is 0 Å². The highest BCUT2D eigenvalue weighted by Crippen LogP contribution is 2.38. The fraction of sp³-hybridized carbons (Fsp3) is 0.407. The van der Waals surface area contributed by atoms with Crippen LogP contribution in [0.15, 0.2) is 42.7 Å². The van der Waals surface area contributed by atoms with Gasteiger partial charge in [-0.1, -0.05) is 35.1 Å². The van der Waals surface area contributed by atoms with Crippen LogP contribution in [0.25, 0.3) is 22.4 Å². The van der Waals surface area contributed by atoms with Crippen molar-refractivity contribution in [2.75, 3.05) is 13.7 Å². The van der Waals surface area contributed by atoms with Crippen molar-refractivity contribution in [3.63, 3.8) is 0 Å². The maximum atomic E-state index is 14.7. The topological polar surface area (TPSA) is 81.9 Å². The second-order valence-corrected chi connectivity index (χ2v) is 11.0. The van der Waals surface area contributed by atoms with Gasteiger partial charge in [0.2, 0.25) is 0 Å². The Balaban J connectivity index is 0.000000301. The summed E-state index contributed by atoms with van der Waals surface area (Å²) >= 11 is 6.61. The molecule has 4 heterocycles. The molecular formula is C27H29ClFN5O2S. The van der Waals surface area contributed by atoms with E-state index >= 15 is 0 Å². The first-order chi connectivity index (χ1) is 18.1. The summed E-state index contributed by atoms with van der Waals surface area (Å²) in [5, 5.41) is 3.86. The quantitative estimate of drug-likeness (QED) is 0.294. The number of hydrogen-bond acceptors (Lipinski definition) is 7. The normalized spacial score (nSPS) is 21.5. The van der Waals surface area contributed by atoms with E-state index in [0.29, 0.717) is 33.1 Å². The maximum Gasteiger partial charge on any atom is 0.178 e. The van der Waals surface area contributed by atoms with E-state index in [-0.39, 0.29) is 18.0 Å². The summed E-state index contributed by atoms with van der Waals surface area (Å²) < 4.78 is 23.4. The van der Waals surface area contributed by atoms with Crippen molar-refractivity contribution in [1.29, 1.82) is 0 Å². The summed E-state index contributed by atoms with van der Waals surface area (Å²) in [5.74, 6) is 0.462. The van der Waals surface area contributed by atoms with E-state index in [9.17, 15) is 9.18 Å². The average Bonchev–Trinajstić information content (AvgIpc) is 3.69. The highest BCUT2D eigenvalue weighted by atomic mass is 35.5. The van der Waals surface area contributed by atoms with Gasteiger partial charge >= 0.3 is 0 Å². The standard InChI is InChI=1S/C23H27FN4O.C4H2ClNOS/c1-25-15-6-4-7-16(12-15)28-21-13-19(22-10-5-11-29-22)26-14-20(21)27-23(28)17-8-2-3-9-18(17)24;5-3-1-6-4(2-7)8-3/h2-3,8-9,13-16,22,25H,4-7,10-12H2,1H3;1-2H. The zero-order chi connectivity index (χ0) is 25.8. The third kappa shape index (κ3) is 5.75. The van der Waals surface area contributed by atoms with Crippen molar-refractivity contribution < 1.29 is 13.9 Å². The number of imidazole rings is 1. The van der Waals surface area contributed by atoms with E-state index in [1.807, 2.05) is 25.4 Å². The fourth-order valence-corrected chi connectivity index (χ4v) is 5.93. The third-order valence-electron chi connectivity index (χ3n) is 6.99. The molecule has 1 saturated carbocycles. The smallest absolute Gasteiger partial charge is 0.178 e. The number of nitrogens with one attached hydrogen (secondary N) is 1. The average molecular weight is 542 g/mol. The second-order valence-electron chi connectivity index (χ2n) is 9.31. The summed E-state index contributed by atoms with van der Waals surface area (Å²) in [6.45, 7) is 0.788. The van der Waals surface area contributed by atoms with Crippen LogP contribution in [0.3, 0.4) is 0 Å². The number of hydrogen-bond donors (Lipinski definition) is 1. The molecule has 1 N–H and O–H groups in total. The lowest BCUT2D eigenvalue weighted by molar-refractivity contribution is 0.109. The van der Waals surface area contributed by atoms with Crippen molar-refractivity contribution >= 4 is 40.3 Å². The molecule has 10 heteroatoms. The Morgan fingerprint density at radius 3 is 2.73 bits per heavy atom. The number of rotatable bonds is 5. The number of nitrogens with zero attached hydrogens (tertiary/aromatic N) is 4. The molecular weight excluding hydrogens is 513 g/mol. The van der Waals surface area contributed by atoms with E-state index in [0.717, 1.165) is 55.4 Å². The largest absolute Gasteiger partial charge is 0.372 e. The first-order valence-electron chi connectivity index (χ1n) is 12.6. The van der Waals surface area contributed by atoms with Crippen LogP contribution >= 0.6 is 22.9 Å². The number of carbonyl (C=O) groups is 1. The number of halogens is 2. The molecule has 4 aromatic rings. The van der Waals surface area contributed by atoms with Crippen LogP contribution in [0.2, 0.25) is 4.34 Å². The minimum absolute atomic E-state index is 0.0519. The lowest BCUT2D eigenvalue weighted by atomic mass is 9.90. The van der Waals surface area contributed by atoms with Gasteiger partial charge in [-0.2, -0.15) is 0 Å². The number of fused-ring (bicyclic) bond motifs is 1. The molecule has 194 valence electrons. The van der Waals surface area contributed by atoms with Gasteiger partial charge in [0.05, 0.1) is 35.3 Å². The van der Waals surface area contributed by atoms with Gasteiger partial charge in [0.15, 0.2) is 11.3 Å². The molecule has 0 radical (unpaired) electrons. The lowest BCUT2D eigenvalue weighted by Gasteiger charge is -2.31. The van der Waals surface area contributed by atoms with Crippen LogP contribution in [0.4, 0.5) is 4.39 Å². The van der Waals surface area contributed by atoms with Gasteiger partial charge < -0.3 is 14.6 Å². The van der Waals surface area contributed by atoms with Gasteiger partial charge in [0.25, 0.3) is 0 Å². The van der Waals surface area contributed by atoms with Gasteiger partial charge in [0.1, 0.15) is 21.5 Å². The van der Waals surface area contributed by atoms with E-state index in [1.165, 1.54) is 30.0 Å². The summed E-state index contributed by atoms with van der Waals surface area (Å²) in [6, 6.07) is 9.79. The highest BCUT2D eigenvalue weighted by molar-refractivity contribution is 7.17. The molecule has 0 amide bonds. The number of benzene rings is 1. The fourth-order valence-electron chi connectivity index (χ4n) is 5.19. The van der Waals surface area contributed by atoms with Crippen molar-refractivity contribution in [3.05, 3.63) is 63.6 Å². The first-order valence-corrected chi connectivity index (χ1v) is 13.7. The predicted molar refractivity (Wildman–Crippen MR) is 144 cm³/mol. The zero-order valence-electron chi connectivity index (χ0n) is 20.6. The number of carbonyl (C=O) groups excluding carboxylic acids is 1. The molecule has 1 saturated heterocycles. The van der Waals surface area contributed by atoms with Gasteiger partial charge in [-0.3, -0.25) is 9.78 Å². The van der Waals surface area contributed by atoms with Crippen molar-refractivity contribution in [3.8, 4) is 11.4 Å². The number of ether oxygens (including phenoxy) is 1. The first kappa shape index (κ1) is 25.9. The van der Waals surface area contributed by atoms with Crippen LogP contribution < -0.4 is 5.32 Å². The van der Waals surface area contributed by atoms with Gasteiger partial charge in [0, 0.05) is 18.7 Å². The van der Waals surface area contributed by atoms with E-state index in [1.54, 1.807) is 6.07 Å². The number of aromatic nitrogens is 4. The molecule has 2 fully saturated rings. The number of thiazole rings is 1. The molecule has 0 bridgehead atoms. The number of aldehydes is 1. The monoisotopic (exact) mass is 541 g/mol. The van der Waals surface area contributed by atoms with Crippen LogP contribution in [-0.2, 0) is 4.74 Å². The van der Waals surface area contributed by atoms with Crippen molar-refractivity contribution in [2.45, 2.75) is 56.7 Å². The molecule has 7 nitrogen and oxygen atoms in total. The molecule has 1 aliphatic heterocycles. The zero-order valence-corrected chi connectivity index (χ0v) is 22.1. The molecule has 0 spiro atoms. The van der Waals surface area contributed by atoms with Gasteiger partial charge in [-0.15, -0.1) is 0 Å². The van der Waals surface area contributed by atoms with E-state index in [4.69, 9.17) is 21.3 Å². The third-order valence-corrected chi connectivity index (χ3v) is 8.03. The van der Waals surface area contributed by atoms with E-state index < -0.39 is 0 Å². The van der Waals surface area contributed by atoms with Crippen LogP contribution in [0.1, 0.15) is 66.2 Å². The molecule has 1 aliphatic carbocycles. The highest BCUT2D eigenvalue weighted by Gasteiger charge is 2.28. The minimum atomic E-state index is -0.239. The molecule has 3 atom stereocenters. The van der Waals surface area contributed by atoms with E-state index in [2.05, 4.69) is 25.9 Å². The lowest BCUT2D eigenvalue weighted by Crippen LogP contribution is -2.32. The van der Waals surface area contributed by atoms with Crippen LogP contribution in [0, 0.1) is 5.82 Å². The Labute approximate surface area is 224 Å². The van der Waals surface area contributed by atoms with Crippen molar-refractivity contribution in [1.82, 2.24) is 24.8 Å². The Hall–Kier alpha value is -2.72. The SMILES string of the molecule is CNC1CCCC(n2c(-c3ccccc3F)nc3cnc(C4CCCO4)cc32)C1.O=Cc1ncc(Cl)s1. The summed E-state index contributed by atoms with van der Waals surface area (Å²) in [4.78, 5) is 23.0. The maximum absolute atomic E-state index is 14.7. The minimum Gasteiger partial charge on any atom is -0.372 e. The van der Waals surface area contributed by atoms with Crippen LogP contribution in [-0.4, -0.2) is 45.5 Å². The summed E-state index contributed by atoms with van der Waals surface area (Å²) in [5.41, 5.74) is 3.35. The Kier molecular flexibility index (Phi) is 8.24. The second kappa shape index (κ2) is 11.8. The summed E-state index contributed by atoms with van der Waals surface area (Å²) in [6.07, 6.45) is 10.5.